The van der Waals surface area contributed by atoms with Crippen LogP contribution in [-0.4, -0.2) is 30.3 Å². The van der Waals surface area contributed by atoms with E-state index in [4.69, 9.17) is 11.6 Å². The molecule has 3 aromatic rings. The summed E-state index contributed by atoms with van der Waals surface area (Å²) in [5, 5.41) is 6.47. The van der Waals surface area contributed by atoms with Crippen LogP contribution in [0.1, 0.15) is 21.5 Å². The fourth-order valence-corrected chi connectivity index (χ4v) is 3.19. The van der Waals surface area contributed by atoms with Crippen LogP contribution in [0.15, 0.2) is 72.8 Å². The Morgan fingerprint density at radius 1 is 0.967 bits per heavy atom. The van der Waals surface area contributed by atoms with Crippen LogP contribution in [0.3, 0.4) is 0 Å². The van der Waals surface area contributed by atoms with Crippen molar-refractivity contribution in [3.05, 3.63) is 94.5 Å². The van der Waals surface area contributed by atoms with Crippen molar-refractivity contribution in [2.75, 3.05) is 24.2 Å². The van der Waals surface area contributed by atoms with Gasteiger partial charge in [-0.3, -0.25) is 9.59 Å². The minimum absolute atomic E-state index is 0.0729. The molecular weight excluding hydrogens is 398 g/mol. The molecule has 0 atom stereocenters. The Hall–Kier alpha value is -3.31. The maximum absolute atomic E-state index is 12.8. The van der Waals surface area contributed by atoms with Crippen LogP contribution < -0.4 is 10.6 Å². The van der Waals surface area contributed by atoms with Gasteiger partial charge in [0.05, 0.1) is 6.54 Å². The first-order valence-electron chi connectivity index (χ1n) is 9.62. The van der Waals surface area contributed by atoms with Crippen molar-refractivity contribution >= 4 is 34.8 Å². The number of carbonyl (C=O) groups excluding carboxylic acids is 2. The maximum atomic E-state index is 12.8. The third-order valence-electron chi connectivity index (χ3n) is 4.65. The predicted molar refractivity (Wildman–Crippen MR) is 122 cm³/mol. The molecule has 0 fully saturated rings. The van der Waals surface area contributed by atoms with E-state index in [1.807, 2.05) is 49.4 Å². The van der Waals surface area contributed by atoms with Crippen molar-refractivity contribution in [1.82, 2.24) is 4.90 Å². The molecule has 0 aromatic heterocycles. The van der Waals surface area contributed by atoms with Gasteiger partial charge in [-0.2, -0.15) is 0 Å². The molecule has 2 N–H and O–H groups in total. The smallest absolute Gasteiger partial charge is 0.253 e. The fraction of sp³-hybridized carbons (Fsp3) is 0.167. The lowest BCUT2D eigenvalue weighted by Crippen LogP contribution is -2.26. The number of hydrogen-bond acceptors (Lipinski definition) is 3. The first-order valence-corrected chi connectivity index (χ1v) is 9.99. The number of hydrogen-bond donors (Lipinski definition) is 2. The van der Waals surface area contributed by atoms with Gasteiger partial charge in [-0.05, 0) is 48.4 Å². The van der Waals surface area contributed by atoms with Gasteiger partial charge in [0.15, 0.2) is 0 Å². The van der Waals surface area contributed by atoms with E-state index in [1.54, 1.807) is 42.3 Å². The second-order valence-corrected chi connectivity index (χ2v) is 7.53. The first-order chi connectivity index (χ1) is 14.4. The number of nitrogens with one attached hydrogen (secondary N) is 2. The first kappa shape index (κ1) is 21.4. The van der Waals surface area contributed by atoms with Gasteiger partial charge >= 0.3 is 0 Å². The van der Waals surface area contributed by atoms with E-state index < -0.39 is 0 Å². The number of benzene rings is 3. The number of anilines is 2. The highest BCUT2D eigenvalue weighted by atomic mass is 35.5. The summed E-state index contributed by atoms with van der Waals surface area (Å²) in [6.07, 6.45) is 0. The van der Waals surface area contributed by atoms with E-state index in [9.17, 15) is 9.59 Å². The molecular formula is C24H24ClN3O2. The monoisotopic (exact) mass is 421 g/mol. The van der Waals surface area contributed by atoms with E-state index in [2.05, 4.69) is 10.6 Å². The molecule has 0 aliphatic carbocycles. The Labute approximate surface area is 181 Å². The van der Waals surface area contributed by atoms with Crippen LogP contribution in [-0.2, 0) is 11.3 Å². The zero-order chi connectivity index (χ0) is 21.5. The van der Waals surface area contributed by atoms with E-state index in [1.165, 1.54) is 0 Å². The van der Waals surface area contributed by atoms with Crippen LogP contribution in [0.25, 0.3) is 0 Å². The Bertz CT molecular complexity index is 1040. The lowest BCUT2D eigenvalue weighted by molar-refractivity contribution is -0.114. The molecule has 0 saturated carbocycles. The fourth-order valence-electron chi connectivity index (χ4n) is 3.02. The van der Waals surface area contributed by atoms with Crippen LogP contribution in [0.5, 0.6) is 0 Å². The third-order valence-corrected chi connectivity index (χ3v) is 4.88. The molecule has 0 aliphatic heterocycles. The number of nitrogens with zero attached hydrogens (tertiary/aromatic N) is 1. The van der Waals surface area contributed by atoms with E-state index in [-0.39, 0.29) is 18.4 Å². The highest BCUT2D eigenvalue weighted by Crippen LogP contribution is 2.20. The SMILES string of the molecule is Cc1ccc(Cl)cc1NC(=O)CNc1cccc(C(=O)N(C)Cc2ccccc2)c1. The molecule has 0 aliphatic rings. The normalized spacial score (nSPS) is 10.4. The summed E-state index contributed by atoms with van der Waals surface area (Å²) in [5.74, 6) is -0.278. The summed E-state index contributed by atoms with van der Waals surface area (Å²) in [7, 11) is 1.77. The largest absolute Gasteiger partial charge is 0.376 e. The van der Waals surface area contributed by atoms with E-state index >= 15 is 0 Å². The standard InChI is InChI=1S/C24H24ClN3O2/c1-17-11-12-20(25)14-22(17)27-23(29)15-26-21-10-6-9-19(13-21)24(30)28(2)16-18-7-4-3-5-8-18/h3-14,26H,15-16H2,1-2H3,(H,27,29). The summed E-state index contributed by atoms with van der Waals surface area (Å²) < 4.78 is 0. The van der Waals surface area contributed by atoms with E-state index in [0.717, 1.165) is 11.1 Å². The molecule has 0 heterocycles. The molecule has 3 rings (SSSR count). The van der Waals surface area contributed by atoms with Crippen molar-refractivity contribution in [2.24, 2.45) is 0 Å². The Morgan fingerprint density at radius 3 is 2.50 bits per heavy atom. The number of carbonyl (C=O) groups is 2. The highest BCUT2D eigenvalue weighted by molar-refractivity contribution is 6.31. The minimum Gasteiger partial charge on any atom is -0.376 e. The second kappa shape index (κ2) is 9.94. The van der Waals surface area contributed by atoms with Gasteiger partial charge < -0.3 is 15.5 Å². The summed E-state index contributed by atoms with van der Waals surface area (Å²) in [6.45, 7) is 2.50. The topological polar surface area (TPSA) is 61.4 Å². The lowest BCUT2D eigenvalue weighted by Gasteiger charge is -2.18. The van der Waals surface area contributed by atoms with Crippen LogP contribution in [0.4, 0.5) is 11.4 Å². The van der Waals surface area contributed by atoms with Crippen molar-refractivity contribution in [2.45, 2.75) is 13.5 Å². The maximum Gasteiger partial charge on any atom is 0.253 e. The molecule has 0 spiro atoms. The lowest BCUT2D eigenvalue weighted by atomic mass is 10.1. The second-order valence-electron chi connectivity index (χ2n) is 7.09. The van der Waals surface area contributed by atoms with Crippen LogP contribution in [0.2, 0.25) is 5.02 Å². The molecule has 0 radical (unpaired) electrons. The Balaban J connectivity index is 1.59. The van der Waals surface area contributed by atoms with Gasteiger partial charge in [0.2, 0.25) is 5.91 Å². The number of rotatable bonds is 7. The van der Waals surface area contributed by atoms with Crippen molar-refractivity contribution in [1.29, 1.82) is 0 Å². The van der Waals surface area contributed by atoms with Gasteiger partial charge in [-0.1, -0.05) is 54.1 Å². The predicted octanol–water partition coefficient (Wildman–Crippen LogP) is 4.97. The van der Waals surface area contributed by atoms with Gasteiger partial charge in [0.1, 0.15) is 0 Å². The molecule has 6 heteroatoms. The van der Waals surface area contributed by atoms with Crippen molar-refractivity contribution in [3.63, 3.8) is 0 Å². The molecule has 154 valence electrons. The zero-order valence-corrected chi connectivity index (χ0v) is 17.7. The van der Waals surface area contributed by atoms with E-state index in [0.29, 0.717) is 28.5 Å². The molecule has 30 heavy (non-hydrogen) atoms. The van der Waals surface area contributed by atoms with Gasteiger partial charge in [0, 0.05) is 35.6 Å². The molecule has 0 saturated heterocycles. The Morgan fingerprint density at radius 2 is 1.73 bits per heavy atom. The van der Waals surface area contributed by atoms with Crippen molar-refractivity contribution in [3.8, 4) is 0 Å². The number of halogens is 1. The van der Waals surface area contributed by atoms with Gasteiger partial charge in [0.25, 0.3) is 5.91 Å². The molecule has 3 aromatic carbocycles. The van der Waals surface area contributed by atoms with Crippen LogP contribution in [0, 0.1) is 6.92 Å². The quantitative estimate of drug-likeness (QED) is 0.566. The van der Waals surface area contributed by atoms with Gasteiger partial charge in [-0.15, -0.1) is 0 Å². The molecule has 2 amide bonds. The summed E-state index contributed by atoms with van der Waals surface area (Å²) in [5.41, 5.74) is 3.94. The summed E-state index contributed by atoms with van der Waals surface area (Å²) >= 11 is 5.99. The molecule has 5 nitrogen and oxygen atoms in total. The Kier molecular flexibility index (Phi) is 7.09. The highest BCUT2D eigenvalue weighted by Gasteiger charge is 2.13. The number of amides is 2. The molecule has 0 bridgehead atoms. The number of aryl methyl sites for hydroxylation is 1. The summed E-state index contributed by atoms with van der Waals surface area (Å²) in [6, 6.07) is 22.3. The van der Waals surface area contributed by atoms with Gasteiger partial charge in [-0.25, -0.2) is 0 Å². The third kappa shape index (κ3) is 5.84. The zero-order valence-electron chi connectivity index (χ0n) is 17.0. The average molecular weight is 422 g/mol. The van der Waals surface area contributed by atoms with Crippen LogP contribution >= 0.6 is 11.6 Å². The minimum atomic E-state index is -0.196. The van der Waals surface area contributed by atoms with Crippen molar-refractivity contribution < 1.29 is 9.59 Å². The molecule has 0 unspecified atom stereocenters. The average Bonchev–Trinajstić information content (AvgIpc) is 2.75. The summed E-state index contributed by atoms with van der Waals surface area (Å²) in [4.78, 5) is 26.7.